The van der Waals surface area contributed by atoms with Crippen molar-refractivity contribution in [3.8, 4) is 0 Å². The lowest BCUT2D eigenvalue weighted by Crippen LogP contribution is -2.33. The first kappa shape index (κ1) is 27.7. The number of fused-ring (bicyclic) bond motifs is 1. The summed E-state index contributed by atoms with van der Waals surface area (Å²) in [5, 5.41) is 43.1. The minimum absolute atomic E-state index is 0.00450. The first-order valence-corrected chi connectivity index (χ1v) is 15.0. The monoisotopic (exact) mass is 576 g/mol. The molecule has 6 atom stereocenters. The molecule has 3 aliphatic carbocycles. The average Bonchev–Trinajstić information content (AvgIpc) is 3.24. The lowest BCUT2D eigenvalue weighted by Gasteiger charge is -2.17. The van der Waals surface area contributed by atoms with Gasteiger partial charge < -0.3 is 25.4 Å². The Balaban J connectivity index is 1.26. The molecule has 2 heterocycles. The van der Waals surface area contributed by atoms with Gasteiger partial charge in [-0.25, -0.2) is 23.4 Å². The fraction of sp³-hybridized carbons (Fsp3) is 0.630. The van der Waals surface area contributed by atoms with Crippen LogP contribution in [0.1, 0.15) is 62.5 Å². The molecule has 2 aromatic heterocycles. The summed E-state index contributed by atoms with van der Waals surface area (Å²) in [5.74, 6) is 0.372. The topological polar surface area (TPSA) is 138 Å². The summed E-state index contributed by atoms with van der Waals surface area (Å²) in [6.45, 7) is -0.134. The Labute approximate surface area is 234 Å². The van der Waals surface area contributed by atoms with Crippen molar-refractivity contribution in [3.63, 3.8) is 0 Å². The van der Waals surface area contributed by atoms with Crippen LogP contribution in [0.4, 0.5) is 14.6 Å². The Morgan fingerprint density at radius 2 is 1.90 bits per heavy atom. The summed E-state index contributed by atoms with van der Waals surface area (Å²) in [6, 6.07) is 3.31. The highest BCUT2D eigenvalue weighted by molar-refractivity contribution is 7.99. The minimum atomic E-state index is -1.15. The quantitative estimate of drug-likeness (QED) is 0.199. The summed E-state index contributed by atoms with van der Waals surface area (Å²) < 4.78 is 34.3. The second kappa shape index (κ2) is 11.8. The molecule has 0 radical (unpaired) electrons. The number of ether oxygens (including phenoxy) is 1. The number of nitrogens with one attached hydrogen (secondary N) is 1. The van der Waals surface area contributed by atoms with Crippen LogP contribution in [-0.2, 0) is 4.74 Å². The lowest BCUT2D eigenvalue weighted by molar-refractivity contribution is -0.0629. The highest BCUT2D eigenvalue weighted by Gasteiger charge is 2.45. The summed E-state index contributed by atoms with van der Waals surface area (Å²) >= 11 is 1.57. The van der Waals surface area contributed by atoms with Gasteiger partial charge in [0.25, 0.3) is 0 Å². The van der Waals surface area contributed by atoms with E-state index in [2.05, 4.69) is 15.6 Å². The molecule has 10 nitrogen and oxygen atoms in total. The van der Waals surface area contributed by atoms with E-state index in [-0.39, 0.29) is 31.6 Å². The van der Waals surface area contributed by atoms with Crippen molar-refractivity contribution < 1.29 is 28.8 Å². The van der Waals surface area contributed by atoms with Crippen LogP contribution in [0.25, 0.3) is 11.2 Å². The van der Waals surface area contributed by atoms with E-state index in [1.165, 1.54) is 36.4 Å². The number of hydrogen-bond donors (Lipinski definition) is 4. The Bertz CT molecular complexity index is 1340. The summed E-state index contributed by atoms with van der Waals surface area (Å²) in [6.07, 6.45) is 4.24. The van der Waals surface area contributed by atoms with Crippen LogP contribution in [0, 0.1) is 17.6 Å². The number of benzene rings is 1. The second-order valence-corrected chi connectivity index (χ2v) is 12.1. The van der Waals surface area contributed by atoms with E-state index in [9.17, 15) is 19.0 Å². The summed E-state index contributed by atoms with van der Waals surface area (Å²) in [4.78, 5) is 9.52. The fourth-order valence-electron chi connectivity index (χ4n) is 6.04. The maximum atomic E-state index is 13.8. The first-order chi connectivity index (χ1) is 19.4. The van der Waals surface area contributed by atoms with Crippen LogP contribution in [0.3, 0.4) is 0 Å². The third-order valence-electron chi connectivity index (χ3n) is 8.36. The molecule has 3 aliphatic rings. The number of thioether (sulfide) groups is 1. The maximum Gasteiger partial charge on any atom is 0.191 e. The second-order valence-electron chi connectivity index (χ2n) is 11.0. The van der Waals surface area contributed by atoms with Gasteiger partial charge in [-0.15, -0.1) is 5.10 Å². The smallest absolute Gasteiger partial charge is 0.191 e. The van der Waals surface area contributed by atoms with Gasteiger partial charge in [0, 0.05) is 24.1 Å². The molecular weight excluding hydrogens is 542 g/mol. The van der Waals surface area contributed by atoms with Gasteiger partial charge in [0.15, 0.2) is 33.8 Å². The van der Waals surface area contributed by atoms with E-state index in [0.717, 1.165) is 30.6 Å². The summed E-state index contributed by atoms with van der Waals surface area (Å²) in [5.41, 5.74) is 1.58. The third kappa shape index (κ3) is 5.67. The standard InChI is InChI=1S/C27H34F2N6O4S/c28-17-6-5-15(11-18(17)29)16-12-19(16)30-25-22-26(32-27(31-25)40-10-7-14-3-1-2-4-14)35(34-33-22)20-13-21(39-9-8-36)24(38)23(20)37/h5-6,11,14,16,19-21,23-24,36-38H,1-4,7-10,12-13H2,(H,30,31,32)/t16-,19+,20+,21-,23-,24+/m0/s1. The van der Waals surface area contributed by atoms with Gasteiger partial charge in [-0.3, -0.25) is 0 Å². The zero-order chi connectivity index (χ0) is 27.8. The van der Waals surface area contributed by atoms with Gasteiger partial charge in [0.05, 0.1) is 25.4 Å². The molecule has 0 bridgehead atoms. The number of hydrogen-bond acceptors (Lipinski definition) is 10. The van der Waals surface area contributed by atoms with Crippen molar-refractivity contribution in [1.29, 1.82) is 0 Å². The number of halogens is 2. The number of rotatable bonds is 11. The Morgan fingerprint density at radius 3 is 2.67 bits per heavy atom. The van der Waals surface area contributed by atoms with Crippen molar-refractivity contribution in [2.45, 2.75) is 86.4 Å². The molecule has 4 N–H and O–H groups in total. The van der Waals surface area contributed by atoms with E-state index < -0.39 is 36.0 Å². The molecular formula is C27H34F2N6O4S. The fourth-order valence-corrected chi connectivity index (χ4v) is 6.98. The van der Waals surface area contributed by atoms with Crippen LogP contribution in [-0.4, -0.2) is 83.6 Å². The van der Waals surface area contributed by atoms with Gasteiger partial charge in [-0.05, 0) is 36.5 Å². The summed E-state index contributed by atoms with van der Waals surface area (Å²) in [7, 11) is 0. The van der Waals surface area contributed by atoms with Gasteiger partial charge in [-0.1, -0.05) is 48.7 Å². The first-order valence-electron chi connectivity index (χ1n) is 14.0. The number of aliphatic hydroxyl groups excluding tert-OH is 3. The van der Waals surface area contributed by atoms with Crippen LogP contribution >= 0.6 is 11.8 Å². The van der Waals surface area contributed by atoms with Gasteiger partial charge in [-0.2, -0.15) is 0 Å². The Morgan fingerprint density at radius 1 is 1.07 bits per heavy atom. The van der Waals surface area contributed by atoms with Gasteiger partial charge in [0.1, 0.15) is 12.2 Å². The molecule has 1 aromatic carbocycles. The number of aliphatic hydroxyl groups is 3. The molecule has 0 amide bonds. The van der Waals surface area contributed by atoms with Gasteiger partial charge in [0.2, 0.25) is 0 Å². The Kier molecular flexibility index (Phi) is 8.18. The number of aromatic nitrogens is 5. The molecule has 40 heavy (non-hydrogen) atoms. The van der Waals surface area contributed by atoms with Crippen molar-refractivity contribution in [3.05, 3.63) is 35.4 Å². The molecule has 3 saturated carbocycles. The Hall–Kier alpha value is -2.45. The lowest BCUT2D eigenvalue weighted by atomic mass is 10.1. The van der Waals surface area contributed by atoms with Crippen molar-refractivity contribution >= 4 is 28.7 Å². The zero-order valence-electron chi connectivity index (χ0n) is 22.0. The van der Waals surface area contributed by atoms with Crippen molar-refractivity contribution in [2.75, 3.05) is 24.3 Å². The highest BCUT2D eigenvalue weighted by atomic mass is 32.2. The van der Waals surface area contributed by atoms with Crippen molar-refractivity contribution in [1.82, 2.24) is 25.0 Å². The molecule has 6 rings (SSSR count). The van der Waals surface area contributed by atoms with Crippen LogP contribution in [0.5, 0.6) is 0 Å². The molecule has 3 fully saturated rings. The van der Waals surface area contributed by atoms with E-state index in [4.69, 9.17) is 19.8 Å². The van der Waals surface area contributed by atoms with Crippen molar-refractivity contribution in [2.24, 2.45) is 5.92 Å². The maximum absolute atomic E-state index is 13.8. The number of anilines is 1. The molecule has 0 saturated heterocycles. The molecule has 3 aromatic rings. The third-order valence-corrected chi connectivity index (χ3v) is 9.24. The number of nitrogens with zero attached hydrogens (tertiary/aromatic N) is 5. The van der Waals surface area contributed by atoms with Crippen LogP contribution in [0.2, 0.25) is 0 Å². The van der Waals surface area contributed by atoms with E-state index in [1.54, 1.807) is 17.8 Å². The molecule has 13 heteroatoms. The van der Waals surface area contributed by atoms with Gasteiger partial charge >= 0.3 is 0 Å². The van der Waals surface area contributed by atoms with E-state index in [1.807, 2.05) is 0 Å². The minimum Gasteiger partial charge on any atom is -0.394 e. The molecule has 0 spiro atoms. The average molecular weight is 577 g/mol. The van der Waals surface area contributed by atoms with Crippen LogP contribution < -0.4 is 5.32 Å². The predicted octanol–water partition coefficient (Wildman–Crippen LogP) is 3.18. The molecule has 216 valence electrons. The van der Waals surface area contributed by atoms with E-state index >= 15 is 0 Å². The molecule has 0 unspecified atom stereocenters. The SMILES string of the molecule is OCCO[C@H]1C[C@@H](n2nnc3c(N[C@@H]4C[C@H]4c4ccc(F)c(F)c4)nc(SCCC4CCCC4)nc32)[C@H](O)[C@@H]1O. The zero-order valence-corrected chi connectivity index (χ0v) is 22.8. The van der Waals surface area contributed by atoms with Crippen LogP contribution in [0.15, 0.2) is 23.4 Å². The predicted molar refractivity (Wildman–Crippen MR) is 144 cm³/mol. The largest absolute Gasteiger partial charge is 0.394 e. The normalized spacial score (nSPS) is 28.5. The van der Waals surface area contributed by atoms with E-state index in [0.29, 0.717) is 27.7 Å². The highest BCUT2D eigenvalue weighted by Crippen LogP contribution is 2.44. The molecule has 0 aliphatic heterocycles.